The smallest absolute Gasteiger partial charge is 0.255 e. The van der Waals surface area contributed by atoms with Gasteiger partial charge in [0, 0.05) is 18.7 Å². The Morgan fingerprint density at radius 1 is 1.48 bits per heavy atom. The monoisotopic (exact) mass is 288 g/mol. The Kier molecular flexibility index (Phi) is 5.35. The Hall–Kier alpha value is -1.86. The molecule has 1 fully saturated rings. The first-order valence-electron chi connectivity index (χ1n) is 7.43. The van der Waals surface area contributed by atoms with E-state index in [0.29, 0.717) is 23.6 Å². The molecular formula is C17H21FN2O. The molecule has 4 heteroatoms. The molecule has 0 radical (unpaired) electrons. The van der Waals surface area contributed by atoms with Crippen molar-refractivity contribution < 1.29 is 9.18 Å². The standard InChI is InChI=1S/C17H21FN2O/c1-2-10-20(12-13-5-6-13)17(21)16-11-15(18)8-7-14(16)4-3-9-19/h7-8,11,13H,2,5-6,9-10,12,19H2,1H3. The van der Waals surface area contributed by atoms with E-state index in [1.165, 1.54) is 25.0 Å². The Bertz CT molecular complexity index is 570. The summed E-state index contributed by atoms with van der Waals surface area (Å²) < 4.78 is 13.5. The Balaban J connectivity index is 2.27. The number of benzene rings is 1. The molecule has 1 aliphatic carbocycles. The van der Waals surface area contributed by atoms with E-state index in [-0.39, 0.29) is 12.5 Å². The van der Waals surface area contributed by atoms with Gasteiger partial charge in [-0.05, 0) is 43.4 Å². The van der Waals surface area contributed by atoms with Crippen LogP contribution in [0.2, 0.25) is 0 Å². The third kappa shape index (κ3) is 4.30. The molecule has 0 aliphatic heterocycles. The highest BCUT2D eigenvalue weighted by molar-refractivity contribution is 5.96. The zero-order valence-electron chi connectivity index (χ0n) is 12.4. The van der Waals surface area contributed by atoms with Gasteiger partial charge in [0.2, 0.25) is 0 Å². The number of hydrogen-bond donors (Lipinski definition) is 1. The highest BCUT2D eigenvalue weighted by atomic mass is 19.1. The normalized spacial score (nSPS) is 13.5. The lowest BCUT2D eigenvalue weighted by atomic mass is 10.1. The minimum absolute atomic E-state index is 0.135. The van der Waals surface area contributed by atoms with E-state index in [1.54, 1.807) is 6.07 Å². The molecule has 2 rings (SSSR count). The third-order valence-electron chi connectivity index (χ3n) is 3.49. The summed E-state index contributed by atoms with van der Waals surface area (Å²) in [4.78, 5) is 14.5. The summed E-state index contributed by atoms with van der Waals surface area (Å²) >= 11 is 0. The summed E-state index contributed by atoms with van der Waals surface area (Å²) in [6.07, 6.45) is 3.24. The first-order valence-corrected chi connectivity index (χ1v) is 7.43. The maximum absolute atomic E-state index is 13.5. The minimum Gasteiger partial charge on any atom is -0.338 e. The number of hydrogen-bond acceptors (Lipinski definition) is 2. The van der Waals surface area contributed by atoms with Crippen LogP contribution in [0.4, 0.5) is 4.39 Å². The molecule has 1 aromatic carbocycles. The van der Waals surface area contributed by atoms with Crippen molar-refractivity contribution in [1.29, 1.82) is 0 Å². The van der Waals surface area contributed by atoms with Crippen molar-refractivity contribution in [1.82, 2.24) is 4.90 Å². The summed E-state index contributed by atoms with van der Waals surface area (Å²) in [6, 6.07) is 4.15. The van der Waals surface area contributed by atoms with E-state index in [1.807, 2.05) is 11.8 Å². The lowest BCUT2D eigenvalue weighted by Crippen LogP contribution is -2.34. The summed E-state index contributed by atoms with van der Waals surface area (Å²) in [6.45, 7) is 3.70. The maximum Gasteiger partial charge on any atom is 0.255 e. The average molecular weight is 288 g/mol. The van der Waals surface area contributed by atoms with Gasteiger partial charge in [-0.15, -0.1) is 0 Å². The average Bonchev–Trinajstić information content (AvgIpc) is 3.29. The largest absolute Gasteiger partial charge is 0.338 e. The van der Waals surface area contributed by atoms with E-state index >= 15 is 0 Å². The van der Waals surface area contributed by atoms with Gasteiger partial charge in [0.1, 0.15) is 5.82 Å². The quantitative estimate of drug-likeness (QED) is 0.846. The number of carbonyl (C=O) groups excluding carboxylic acids is 1. The molecule has 1 amide bonds. The van der Waals surface area contributed by atoms with Gasteiger partial charge < -0.3 is 10.6 Å². The number of carbonyl (C=O) groups is 1. The van der Waals surface area contributed by atoms with E-state index in [2.05, 4.69) is 11.8 Å². The third-order valence-corrected chi connectivity index (χ3v) is 3.49. The van der Waals surface area contributed by atoms with Crippen molar-refractivity contribution in [2.24, 2.45) is 11.7 Å². The van der Waals surface area contributed by atoms with Gasteiger partial charge in [0.05, 0.1) is 12.1 Å². The fourth-order valence-electron chi connectivity index (χ4n) is 2.28. The van der Waals surface area contributed by atoms with Crippen molar-refractivity contribution in [3.05, 3.63) is 35.1 Å². The van der Waals surface area contributed by atoms with E-state index < -0.39 is 5.82 Å². The molecule has 1 saturated carbocycles. The van der Waals surface area contributed by atoms with Crippen LogP contribution in [0.25, 0.3) is 0 Å². The van der Waals surface area contributed by atoms with Gasteiger partial charge in [0.15, 0.2) is 0 Å². The van der Waals surface area contributed by atoms with Crippen molar-refractivity contribution in [2.75, 3.05) is 19.6 Å². The maximum atomic E-state index is 13.5. The second-order valence-electron chi connectivity index (χ2n) is 5.39. The molecule has 0 heterocycles. The van der Waals surface area contributed by atoms with Gasteiger partial charge in [0.25, 0.3) is 5.91 Å². The topological polar surface area (TPSA) is 46.3 Å². The van der Waals surface area contributed by atoms with Crippen LogP contribution >= 0.6 is 0 Å². The molecule has 0 aromatic heterocycles. The zero-order valence-corrected chi connectivity index (χ0v) is 12.4. The number of amides is 1. The highest BCUT2D eigenvalue weighted by Crippen LogP contribution is 2.30. The Morgan fingerprint density at radius 3 is 2.86 bits per heavy atom. The molecule has 0 saturated heterocycles. The van der Waals surface area contributed by atoms with Crippen LogP contribution < -0.4 is 5.73 Å². The van der Waals surface area contributed by atoms with Gasteiger partial charge in [-0.1, -0.05) is 18.8 Å². The molecule has 1 aromatic rings. The van der Waals surface area contributed by atoms with E-state index in [4.69, 9.17) is 5.73 Å². The highest BCUT2D eigenvalue weighted by Gasteiger charge is 2.27. The summed E-state index contributed by atoms with van der Waals surface area (Å²) in [5.74, 6) is 5.64. The van der Waals surface area contributed by atoms with Gasteiger partial charge >= 0.3 is 0 Å². The van der Waals surface area contributed by atoms with Crippen molar-refractivity contribution in [2.45, 2.75) is 26.2 Å². The molecule has 21 heavy (non-hydrogen) atoms. The van der Waals surface area contributed by atoms with Crippen LogP contribution in [0.15, 0.2) is 18.2 Å². The van der Waals surface area contributed by atoms with Crippen LogP contribution in [0.1, 0.15) is 42.1 Å². The molecule has 1 aliphatic rings. The first-order chi connectivity index (χ1) is 10.2. The van der Waals surface area contributed by atoms with Crippen LogP contribution in [-0.4, -0.2) is 30.4 Å². The van der Waals surface area contributed by atoms with Gasteiger partial charge in [-0.2, -0.15) is 0 Å². The predicted octanol–water partition coefficient (Wildman–Crippen LogP) is 2.40. The molecule has 3 nitrogen and oxygen atoms in total. The predicted molar refractivity (Wildman–Crippen MR) is 81.3 cm³/mol. The second kappa shape index (κ2) is 7.24. The molecule has 0 atom stereocenters. The van der Waals surface area contributed by atoms with Crippen LogP contribution in [-0.2, 0) is 0 Å². The number of nitrogens with zero attached hydrogens (tertiary/aromatic N) is 1. The summed E-state index contributed by atoms with van der Waals surface area (Å²) in [7, 11) is 0. The zero-order chi connectivity index (χ0) is 15.2. The van der Waals surface area contributed by atoms with Gasteiger partial charge in [-0.25, -0.2) is 4.39 Å². The molecular weight excluding hydrogens is 267 g/mol. The SMILES string of the molecule is CCCN(CC1CC1)C(=O)c1cc(F)ccc1C#CCN. The number of halogens is 1. The fourth-order valence-corrected chi connectivity index (χ4v) is 2.28. The Morgan fingerprint density at radius 2 is 2.24 bits per heavy atom. The second-order valence-corrected chi connectivity index (χ2v) is 5.39. The molecule has 2 N–H and O–H groups in total. The fraction of sp³-hybridized carbons (Fsp3) is 0.471. The van der Waals surface area contributed by atoms with Crippen molar-refractivity contribution in [3.63, 3.8) is 0 Å². The van der Waals surface area contributed by atoms with Gasteiger partial charge in [-0.3, -0.25) is 4.79 Å². The lowest BCUT2D eigenvalue weighted by Gasteiger charge is -2.22. The molecule has 112 valence electrons. The van der Waals surface area contributed by atoms with Crippen molar-refractivity contribution in [3.8, 4) is 11.8 Å². The van der Waals surface area contributed by atoms with E-state index in [0.717, 1.165) is 13.0 Å². The minimum atomic E-state index is -0.417. The summed E-state index contributed by atoms with van der Waals surface area (Å²) in [5, 5.41) is 0. The van der Waals surface area contributed by atoms with Crippen LogP contribution in [0.3, 0.4) is 0 Å². The van der Waals surface area contributed by atoms with Crippen LogP contribution in [0, 0.1) is 23.6 Å². The lowest BCUT2D eigenvalue weighted by molar-refractivity contribution is 0.0747. The Labute approximate surface area is 125 Å². The number of rotatable bonds is 5. The summed E-state index contributed by atoms with van der Waals surface area (Å²) in [5.41, 5.74) is 6.25. The van der Waals surface area contributed by atoms with E-state index in [9.17, 15) is 9.18 Å². The van der Waals surface area contributed by atoms with Crippen molar-refractivity contribution >= 4 is 5.91 Å². The molecule has 0 unspecified atom stereocenters. The first kappa shape index (κ1) is 15.5. The molecule has 0 spiro atoms. The molecule has 0 bridgehead atoms. The van der Waals surface area contributed by atoms with Crippen LogP contribution in [0.5, 0.6) is 0 Å². The number of nitrogens with two attached hydrogens (primary N) is 1.